The first-order valence-corrected chi connectivity index (χ1v) is 8.94. The fourth-order valence-corrected chi connectivity index (χ4v) is 4.23. The van der Waals surface area contributed by atoms with Crippen LogP contribution in [0.5, 0.6) is 0 Å². The summed E-state index contributed by atoms with van der Waals surface area (Å²) in [6.45, 7) is 3.52. The quantitative estimate of drug-likeness (QED) is 0.632. The van der Waals surface area contributed by atoms with Gasteiger partial charge in [0.2, 0.25) is 11.0 Å². The number of aromatic nitrogens is 4. The van der Waals surface area contributed by atoms with E-state index in [2.05, 4.69) is 32.9 Å². The Bertz CT molecular complexity index is 655. The summed E-state index contributed by atoms with van der Waals surface area (Å²) in [5.74, 6) is 0.961. The van der Waals surface area contributed by atoms with Crippen LogP contribution in [0.1, 0.15) is 18.4 Å². The molecule has 2 aromatic heterocycles. The van der Waals surface area contributed by atoms with E-state index in [9.17, 15) is 4.79 Å². The van der Waals surface area contributed by atoms with E-state index in [1.807, 2.05) is 19.4 Å². The number of carbonyl (C=O) groups excluding carboxylic acids is 1. The Hall–Kier alpha value is -1.45. The van der Waals surface area contributed by atoms with E-state index in [4.69, 9.17) is 0 Å². The average molecular weight is 338 g/mol. The minimum atomic E-state index is -0.115. The third kappa shape index (κ3) is 3.31. The Morgan fingerprint density at radius 1 is 1.55 bits per heavy atom. The lowest BCUT2D eigenvalue weighted by Gasteiger charge is -2.15. The summed E-state index contributed by atoms with van der Waals surface area (Å²) in [6, 6.07) is 0. The van der Waals surface area contributed by atoms with Gasteiger partial charge in [-0.25, -0.2) is 0 Å². The molecule has 118 valence electrons. The van der Waals surface area contributed by atoms with Gasteiger partial charge in [0.1, 0.15) is 0 Å². The SMILES string of the molecule is CCSc1nnc(NC(=O)[C@H]2CNC[C@@H]2c2cnn(C)c2)s1. The summed E-state index contributed by atoms with van der Waals surface area (Å²) in [5.41, 5.74) is 1.09. The minimum Gasteiger partial charge on any atom is -0.315 e. The second kappa shape index (κ2) is 6.76. The molecule has 2 N–H and O–H groups in total. The molecule has 1 aliphatic rings. The third-order valence-electron chi connectivity index (χ3n) is 3.61. The number of hydrogen-bond donors (Lipinski definition) is 2. The number of nitrogens with zero attached hydrogens (tertiary/aromatic N) is 4. The second-order valence-electron chi connectivity index (χ2n) is 5.11. The van der Waals surface area contributed by atoms with E-state index in [0.717, 1.165) is 22.2 Å². The first-order chi connectivity index (χ1) is 10.7. The maximum Gasteiger partial charge on any atom is 0.231 e. The number of amides is 1. The molecule has 1 saturated heterocycles. The Kier molecular flexibility index (Phi) is 4.74. The number of thioether (sulfide) groups is 1. The van der Waals surface area contributed by atoms with E-state index >= 15 is 0 Å². The van der Waals surface area contributed by atoms with E-state index in [1.54, 1.807) is 16.4 Å². The van der Waals surface area contributed by atoms with Gasteiger partial charge in [-0.05, 0) is 11.3 Å². The van der Waals surface area contributed by atoms with Crippen LogP contribution in [0.25, 0.3) is 0 Å². The highest BCUT2D eigenvalue weighted by molar-refractivity contribution is 8.01. The Morgan fingerprint density at radius 3 is 3.14 bits per heavy atom. The number of rotatable bonds is 5. The molecule has 0 saturated carbocycles. The Labute approximate surface area is 136 Å². The van der Waals surface area contributed by atoms with Crippen molar-refractivity contribution in [3.63, 3.8) is 0 Å². The molecule has 1 aliphatic heterocycles. The predicted octanol–water partition coefficient (Wildman–Crippen LogP) is 1.33. The molecule has 2 aromatic rings. The van der Waals surface area contributed by atoms with Crippen molar-refractivity contribution in [3.8, 4) is 0 Å². The minimum absolute atomic E-state index is 0.0111. The van der Waals surface area contributed by atoms with Crippen molar-refractivity contribution < 1.29 is 4.79 Å². The van der Waals surface area contributed by atoms with Crippen LogP contribution < -0.4 is 10.6 Å². The Morgan fingerprint density at radius 2 is 2.41 bits per heavy atom. The molecule has 3 heterocycles. The first-order valence-electron chi connectivity index (χ1n) is 7.13. The molecule has 9 heteroatoms. The van der Waals surface area contributed by atoms with Gasteiger partial charge in [-0.3, -0.25) is 9.48 Å². The normalized spacial score (nSPS) is 21.2. The lowest BCUT2D eigenvalue weighted by molar-refractivity contribution is -0.119. The number of carbonyl (C=O) groups is 1. The summed E-state index contributed by atoms with van der Waals surface area (Å²) in [7, 11) is 1.88. The van der Waals surface area contributed by atoms with Crippen LogP contribution in [0.15, 0.2) is 16.7 Å². The number of anilines is 1. The van der Waals surface area contributed by atoms with Crippen molar-refractivity contribution in [2.75, 3.05) is 24.2 Å². The largest absolute Gasteiger partial charge is 0.315 e. The van der Waals surface area contributed by atoms with E-state index in [0.29, 0.717) is 11.7 Å². The first kappa shape index (κ1) is 15.4. The molecule has 1 fully saturated rings. The molecule has 0 radical (unpaired) electrons. The third-order valence-corrected chi connectivity index (χ3v) is 5.46. The molecule has 22 heavy (non-hydrogen) atoms. The maximum absolute atomic E-state index is 12.5. The van der Waals surface area contributed by atoms with Crippen LogP contribution in [-0.2, 0) is 11.8 Å². The van der Waals surface area contributed by atoms with Gasteiger partial charge in [0.05, 0.1) is 12.1 Å². The van der Waals surface area contributed by atoms with Gasteiger partial charge in [0.25, 0.3) is 0 Å². The summed E-state index contributed by atoms with van der Waals surface area (Å²) >= 11 is 3.04. The molecule has 3 rings (SSSR count). The van der Waals surface area contributed by atoms with E-state index in [1.165, 1.54) is 11.3 Å². The number of hydrogen-bond acceptors (Lipinski definition) is 7. The van der Waals surface area contributed by atoms with Crippen LogP contribution in [-0.4, -0.2) is 44.7 Å². The molecule has 0 unspecified atom stereocenters. The zero-order valence-corrected chi connectivity index (χ0v) is 14.1. The Balaban J connectivity index is 1.67. The van der Waals surface area contributed by atoms with Crippen LogP contribution >= 0.6 is 23.1 Å². The highest BCUT2D eigenvalue weighted by Gasteiger charge is 2.35. The molecular weight excluding hydrogens is 320 g/mol. The summed E-state index contributed by atoms with van der Waals surface area (Å²) in [5, 5.41) is 19.0. The maximum atomic E-state index is 12.5. The molecule has 2 atom stereocenters. The molecule has 0 aromatic carbocycles. The van der Waals surface area contributed by atoms with Crippen molar-refractivity contribution in [1.29, 1.82) is 0 Å². The fourth-order valence-electron chi connectivity index (χ4n) is 2.58. The zero-order chi connectivity index (χ0) is 15.5. The van der Waals surface area contributed by atoms with Crippen molar-refractivity contribution in [3.05, 3.63) is 18.0 Å². The van der Waals surface area contributed by atoms with Gasteiger partial charge < -0.3 is 10.6 Å². The summed E-state index contributed by atoms with van der Waals surface area (Å²) < 4.78 is 2.65. The van der Waals surface area contributed by atoms with Gasteiger partial charge in [0, 0.05) is 32.3 Å². The van der Waals surface area contributed by atoms with E-state index < -0.39 is 0 Å². The summed E-state index contributed by atoms with van der Waals surface area (Å²) in [6.07, 6.45) is 3.80. The van der Waals surface area contributed by atoms with Gasteiger partial charge in [-0.15, -0.1) is 10.2 Å². The van der Waals surface area contributed by atoms with Gasteiger partial charge in [-0.2, -0.15) is 5.10 Å². The number of aryl methyl sites for hydroxylation is 1. The highest BCUT2D eigenvalue weighted by atomic mass is 32.2. The molecule has 0 spiro atoms. The van der Waals surface area contributed by atoms with Crippen molar-refractivity contribution in [2.24, 2.45) is 13.0 Å². The molecule has 1 amide bonds. The average Bonchev–Trinajstić information content (AvgIpc) is 3.19. The topological polar surface area (TPSA) is 84.7 Å². The molecule has 7 nitrogen and oxygen atoms in total. The van der Waals surface area contributed by atoms with Gasteiger partial charge in [-0.1, -0.05) is 30.0 Å². The van der Waals surface area contributed by atoms with Crippen LogP contribution in [0.2, 0.25) is 0 Å². The van der Waals surface area contributed by atoms with Crippen molar-refractivity contribution in [1.82, 2.24) is 25.3 Å². The monoisotopic (exact) mass is 338 g/mol. The van der Waals surface area contributed by atoms with Crippen LogP contribution in [0.3, 0.4) is 0 Å². The van der Waals surface area contributed by atoms with E-state index in [-0.39, 0.29) is 17.7 Å². The van der Waals surface area contributed by atoms with Gasteiger partial charge in [0.15, 0.2) is 4.34 Å². The van der Waals surface area contributed by atoms with Gasteiger partial charge >= 0.3 is 0 Å². The fraction of sp³-hybridized carbons (Fsp3) is 0.538. The molecule has 0 bridgehead atoms. The van der Waals surface area contributed by atoms with Crippen molar-refractivity contribution >= 4 is 34.1 Å². The van der Waals surface area contributed by atoms with Crippen LogP contribution in [0, 0.1) is 5.92 Å². The predicted molar refractivity (Wildman–Crippen MR) is 87.2 cm³/mol. The second-order valence-corrected chi connectivity index (χ2v) is 7.60. The molecule has 0 aliphatic carbocycles. The molecular formula is C13H18N6OS2. The van der Waals surface area contributed by atoms with Crippen molar-refractivity contribution in [2.45, 2.75) is 17.2 Å². The zero-order valence-electron chi connectivity index (χ0n) is 12.4. The number of nitrogens with one attached hydrogen (secondary N) is 2. The highest BCUT2D eigenvalue weighted by Crippen LogP contribution is 2.30. The lowest BCUT2D eigenvalue weighted by Crippen LogP contribution is -2.28. The summed E-state index contributed by atoms with van der Waals surface area (Å²) in [4.78, 5) is 12.5. The van der Waals surface area contributed by atoms with Crippen LogP contribution in [0.4, 0.5) is 5.13 Å². The smallest absolute Gasteiger partial charge is 0.231 e. The lowest BCUT2D eigenvalue weighted by atomic mass is 9.90. The standard InChI is InChI=1S/C13H18N6OS2/c1-3-21-13-18-17-12(22-13)16-11(20)10-6-14-5-9(10)8-4-15-19(2)7-8/h4,7,9-10,14H,3,5-6H2,1-2H3,(H,16,17,20)/t9-,10+/m1/s1.